The van der Waals surface area contributed by atoms with Crippen molar-refractivity contribution in [2.24, 2.45) is 5.92 Å². The van der Waals surface area contributed by atoms with Crippen LogP contribution < -0.4 is 0 Å². The van der Waals surface area contributed by atoms with Gasteiger partial charge in [0.25, 0.3) is 0 Å². The molecule has 20 heavy (non-hydrogen) atoms. The van der Waals surface area contributed by atoms with Crippen molar-refractivity contribution in [3.8, 4) is 0 Å². The van der Waals surface area contributed by atoms with Crippen LogP contribution in [0.15, 0.2) is 59.1 Å². The Balaban J connectivity index is 1.82. The van der Waals surface area contributed by atoms with Gasteiger partial charge in [-0.15, -0.1) is 0 Å². The molecule has 2 rings (SSSR count). The minimum absolute atomic E-state index is 0.484. The first-order valence-corrected chi connectivity index (χ1v) is 8.62. The van der Waals surface area contributed by atoms with Crippen molar-refractivity contribution in [2.45, 2.75) is 13.0 Å². The Kier molecular flexibility index (Phi) is 6.77. The average Bonchev–Trinajstić information content (AvgIpc) is 2.49. The van der Waals surface area contributed by atoms with Crippen molar-refractivity contribution < 1.29 is 4.74 Å². The predicted octanol–water partition coefficient (Wildman–Crippen LogP) is 5.22. The van der Waals surface area contributed by atoms with E-state index in [1.54, 1.807) is 0 Å². The maximum Gasteiger partial charge on any atom is 0.0717 e. The minimum atomic E-state index is 0.484. The maximum atomic E-state index is 5.84. The fourth-order valence-corrected chi connectivity index (χ4v) is 2.91. The third kappa shape index (κ3) is 5.04. The van der Waals surface area contributed by atoms with Crippen LogP contribution in [0.3, 0.4) is 0 Å². The van der Waals surface area contributed by atoms with Crippen LogP contribution in [0.5, 0.6) is 0 Å². The first-order chi connectivity index (χ1) is 9.79. The van der Waals surface area contributed by atoms with Crippen LogP contribution in [0.4, 0.5) is 0 Å². The Hall–Kier alpha value is -0.640. The van der Waals surface area contributed by atoms with Crippen LogP contribution in [0.2, 0.25) is 0 Å². The van der Waals surface area contributed by atoms with Crippen LogP contribution in [0.1, 0.15) is 11.1 Å². The van der Waals surface area contributed by atoms with Gasteiger partial charge in [-0.2, -0.15) is 0 Å². The number of ether oxygens (including phenoxy) is 1. The molecule has 0 saturated carbocycles. The number of rotatable bonds is 7. The molecule has 0 aliphatic rings. The zero-order valence-corrected chi connectivity index (χ0v) is 14.4. The highest BCUT2D eigenvalue weighted by Crippen LogP contribution is 2.21. The molecule has 2 aromatic carbocycles. The molecule has 0 bridgehead atoms. The van der Waals surface area contributed by atoms with E-state index < -0.39 is 0 Å². The Bertz CT molecular complexity index is 513. The summed E-state index contributed by atoms with van der Waals surface area (Å²) in [6.07, 6.45) is 1.02. The van der Waals surface area contributed by atoms with Crippen LogP contribution in [-0.4, -0.2) is 11.9 Å². The maximum absolute atomic E-state index is 5.84. The van der Waals surface area contributed by atoms with Crippen molar-refractivity contribution >= 4 is 31.9 Å². The van der Waals surface area contributed by atoms with E-state index in [4.69, 9.17) is 4.74 Å². The summed E-state index contributed by atoms with van der Waals surface area (Å²) in [4.78, 5) is 0. The second-order valence-corrected chi connectivity index (χ2v) is 6.32. The van der Waals surface area contributed by atoms with Gasteiger partial charge in [0.15, 0.2) is 0 Å². The second-order valence-electron chi connectivity index (χ2n) is 4.82. The van der Waals surface area contributed by atoms with Crippen LogP contribution >= 0.6 is 31.9 Å². The van der Waals surface area contributed by atoms with Crippen molar-refractivity contribution in [3.63, 3.8) is 0 Å². The number of halogens is 2. The summed E-state index contributed by atoms with van der Waals surface area (Å²) in [5, 5.41) is 0.948. The van der Waals surface area contributed by atoms with E-state index in [9.17, 15) is 0 Å². The first kappa shape index (κ1) is 15.7. The Morgan fingerprint density at radius 1 is 0.950 bits per heavy atom. The van der Waals surface area contributed by atoms with Gasteiger partial charge in [0, 0.05) is 9.80 Å². The summed E-state index contributed by atoms with van der Waals surface area (Å²) in [7, 11) is 0. The van der Waals surface area contributed by atoms with Crippen LogP contribution in [-0.2, 0) is 17.8 Å². The third-order valence-corrected chi connectivity index (χ3v) is 4.84. The number of hydrogen-bond acceptors (Lipinski definition) is 1. The molecule has 0 spiro atoms. The minimum Gasteiger partial charge on any atom is -0.376 e. The predicted molar refractivity (Wildman–Crippen MR) is 91.2 cm³/mol. The normalized spacial score (nSPS) is 12.3. The Labute approximate surface area is 137 Å². The summed E-state index contributed by atoms with van der Waals surface area (Å²) in [6.45, 7) is 1.45. The molecule has 0 radical (unpaired) electrons. The largest absolute Gasteiger partial charge is 0.376 e. The molecule has 0 N–H and O–H groups in total. The topological polar surface area (TPSA) is 9.23 Å². The zero-order chi connectivity index (χ0) is 14.2. The number of benzene rings is 2. The van der Waals surface area contributed by atoms with Crippen molar-refractivity contribution in [2.75, 3.05) is 11.9 Å². The van der Waals surface area contributed by atoms with Crippen molar-refractivity contribution in [3.05, 3.63) is 70.2 Å². The van der Waals surface area contributed by atoms with Crippen molar-refractivity contribution in [1.29, 1.82) is 0 Å². The molecule has 3 heteroatoms. The van der Waals surface area contributed by atoms with E-state index >= 15 is 0 Å². The van der Waals surface area contributed by atoms with Gasteiger partial charge in [-0.1, -0.05) is 80.4 Å². The summed E-state index contributed by atoms with van der Waals surface area (Å²) in [5.74, 6) is 0.484. The van der Waals surface area contributed by atoms with E-state index in [1.807, 2.05) is 24.3 Å². The average molecular weight is 398 g/mol. The number of hydrogen-bond donors (Lipinski definition) is 0. The van der Waals surface area contributed by atoms with E-state index in [2.05, 4.69) is 62.2 Å². The van der Waals surface area contributed by atoms with E-state index in [-0.39, 0.29) is 0 Å². The lowest BCUT2D eigenvalue weighted by Gasteiger charge is -2.15. The monoisotopic (exact) mass is 396 g/mol. The molecular formula is C17H18Br2O. The molecule has 0 amide bonds. The standard InChI is InChI=1S/C17H18Br2O/c18-11-15(10-16-8-4-5-9-17(16)19)13-20-12-14-6-2-1-3-7-14/h1-9,15H,10-13H2. The Morgan fingerprint density at radius 2 is 1.65 bits per heavy atom. The van der Waals surface area contributed by atoms with Gasteiger partial charge >= 0.3 is 0 Å². The molecule has 1 nitrogen and oxygen atoms in total. The molecule has 1 atom stereocenters. The lowest BCUT2D eigenvalue weighted by molar-refractivity contribution is 0.0937. The molecule has 0 fully saturated rings. The molecule has 0 aromatic heterocycles. The fourth-order valence-electron chi connectivity index (χ4n) is 2.05. The van der Waals surface area contributed by atoms with E-state index in [0.717, 1.165) is 18.4 Å². The smallest absolute Gasteiger partial charge is 0.0717 e. The number of alkyl halides is 1. The van der Waals surface area contributed by atoms with Gasteiger partial charge in [-0.3, -0.25) is 0 Å². The molecule has 106 valence electrons. The molecule has 0 aliphatic carbocycles. The summed E-state index contributed by atoms with van der Waals surface area (Å²) < 4.78 is 7.01. The fraction of sp³-hybridized carbons (Fsp3) is 0.294. The molecule has 0 heterocycles. The SMILES string of the molecule is BrCC(COCc1ccccc1)Cc1ccccc1Br. The van der Waals surface area contributed by atoms with Gasteiger partial charge in [0.2, 0.25) is 0 Å². The molecular weight excluding hydrogens is 380 g/mol. The van der Waals surface area contributed by atoms with Gasteiger partial charge in [-0.05, 0) is 29.5 Å². The molecule has 0 aliphatic heterocycles. The van der Waals surface area contributed by atoms with Gasteiger partial charge in [0.1, 0.15) is 0 Å². The Morgan fingerprint density at radius 3 is 2.35 bits per heavy atom. The summed E-state index contributed by atoms with van der Waals surface area (Å²) in [5.41, 5.74) is 2.56. The third-order valence-electron chi connectivity index (χ3n) is 3.15. The van der Waals surface area contributed by atoms with Gasteiger partial charge in [0.05, 0.1) is 13.2 Å². The molecule has 2 aromatic rings. The van der Waals surface area contributed by atoms with E-state index in [0.29, 0.717) is 12.5 Å². The van der Waals surface area contributed by atoms with Crippen molar-refractivity contribution in [1.82, 2.24) is 0 Å². The summed E-state index contributed by atoms with van der Waals surface area (Å²) >= 11 is 7.19. The molecule has 0 saturated heterocycles. The highest BCUT2D eigenvalue weighted by Gasteiger charge is 2.10. The first-order valence-electron chi connectivity index (χ1n) is 6.70. The zero-order valence-electron chi connectivity index (χ0n) is 11.3. The van der Waals surface area contributed by atoms with Gasteiger partial charge in [-0.25, -0.2) is 0 Å². The molecule has 1 unspecified atom stereocenters. The van der Waals surface area contributed by atoms with Crippen LogP contribution in [0, 0.1) is 5.92 Å². The second kappa shape index (κ2) is 8.60. The highest BCUT2D eigenvalue weighted by molar-refractivity contribution is 9.10. The lowest BCUT2D eigenvalue weighted by Crippen LogP contribution is -2.14. The van der Waals surface area contributed by atoms with Crippen LogP contribution in [0.25, 0.3) is 0 Å². The highest BCUT2D eigenvalue weighted by atomic mass is 79.9. The lowest BCUT2D eigenvalue weighted by atomic mass is 10.0. The van der Waals surface area contributed by atoms with Gasteiger partial charge < -0.3 is 4.74 Å². The summed E-state index contributed by atoms with van der Waals surface area (Å²) in [6, 6.07) is 18.7. The quantitative estimate of drug-likeness (QED) is 0.582. The van der Waals surface area contributed by atoms with E-state index in [1.165, 1.54) is 15.6 Å².